The Morgan fingerprint density at radius 1 is 1.21 bits per heavy atom. The standard InChI is InChI=1S/C26H31ClFN3O3/c1-16-6-7-19(12-22(16)28)25(32)29-23-13-21(27)11-20(18(23)3)15-30-8-9-31(17(2)14-30)26(33)24-5-4-10-34-24/h6-7,11-13,17,24H,4-5,8-10,14-15H2,1-3H3,(H,29,32). The molecule has 182 valence electrons. The zero-order valence-electron chi connectivity index (χ0n) is 19.9. The van der Waals surface area contributed by atoms with E-state index in [2.05, 4.69) is 17.1 Å². The van der Waals surface area contributed by atoms with E-state index in [4.69, 9.17) is 16.3 Å². The van der Waals surface area contributed by atoms with Crippen LogP contribution in [-0.2, 0) is 16.1 Å². The SMILES string of the molecule is Cc1ccc(C(=O)Nc2cc(Cl)cc(CN3CCN(C(=O)C4CCCO4)C(C)C3)c2C)cc1F. The summed E-state index contributed by atoms with van der Waals surface area (Å²) in [5, 5.41) is 3.40. The highest BCUT2D eigenvalue weighted by Crippen LogP contribution is 2.28. The van der Waals surface area contributed by atoms with Crippen molar-refractivity contribution in [3.05, 3.63) is 63.4 Å². The minimum absolute atomic E-state index is 0.0838. The van der Waals surface area contributed by atoms with Crippen molar-refractivity contribution in [2.24, 2.45) is 0 Å². The van der Waals surface area contributed by atoms with E-state index in [0.29, 0.717) is 36.0 Å². The third-order valence-corrected chi connectivity index (χ3v) is 6.97. The summed E-state index contributed by atoms with van der Waals surface area (Å²) in [6.45, 7) is 9.13. The molecule has 2 unspecified atom stereocenters. The van der Waals surface area contributed by atoms with Gasteiger partial charge in [0.05, 0.1) is 0 Å². The molecular formula is C26H31ClFN3O3. The molecule has 2 atom stereocenters. The zero-order valence-corrected chi connectivity index (χ0v) is 20.6. The molecule has 8 heteroatoms. The Bertz CT molecular complexity index is 1090. The van der Waals surface area contributed by atoms with Crippen LogP contribution in [0.2, 0.25) is 5.02 Å². The highest BCUT2D eigenvalue weighted by Gasteiger charge is 2.34. The molecule has 2 saturated heterocycles. The van der Waals surface area contributed by atoms with E-state index < -0.39 is 5.82 Å². The lowest BCUT2D eigenvalue weighted by atomic mass is 10.0. The van der Waals surface area contributed by atoms with Crippen LogP contribution in [0, 0.1) is 19.7 Å². The van der Waals surface area contributed by atoms with Crippen molar-refractivity contribution in [3.8, 4) is 0 Å². The van der Waals surface area contributed by atoms with Gasteiger partial charge in [-0.3, -0.25) is 14.5 Å². The van der Waals surface area contributed by atoms with Gasteiger partial charge in [-0.1, -0.05) is 17.7 Å². The quantitative estimate of drug-likeness (QED) is 0.671. The van der Waals surface area contributed by atoms with Gasteiger partial charge in [0.25, 0.3) is 11.8 Å². The topological polar surface area (TPSA) is 61.9 Å². The maximum atomic E-state index is 13.9. The number of hydrogen-bond donors (Lipinski definition) is 1. The number of carbonyl (C=O) groups is 2. The summed E-state index contributed by atoms with van der Waals surface area (Å²) < 4.78 is 19.5. The van der Waals surface area contributed by atoms with Crippen LogP contribution in [0.5, 0.6) is 0 Å². The summed E-state index contributed by atoms with van der Waals surface area (Å²) in [7, 11) is 0. The third-order valence-electron chi connectivity index (χ3n) is 6.76. The lowest BCUT2D eigenvalue weighted by Gasteiger charge is -2.41. The number of rotatable bonds is 5. The van der Waals surface area contributed by atoms with Gasteiger partial charge in [0.15, 0.2) is 0 Å². The van der Waals surface area contributed by atoms with Gasteiger partial charge in [0.1, 0.15) is 11.9 Å². The van der Waals surface area contributed by atoms with E-state index in [1.807, 2.05) is 17.9 Å². The van der Waals surface area contributed by atoms with E-state index in [-0.39, 0.29) is 29.5 Å². The highest BCUT2D eigenvalue weighted by atomic mass is 35.5. The Balaban J connectivity index is 1.43. The van der Waals surface area contributed by atoms with Gasteiger partial charge in [-0.15, -0.1) is 0 Å². The fourth-order valence-electron chi connectivity index (χ4n) is 4.66. The second-order valence-corrected chi connectivity index (χ2v) is 9.71. The van der Waals surface area contributed by atoms with Gasteiger partial charge in [0.2, 0.25) is 0 Å². The first kappa shape index (κ1) is 24.6. The number of amides is 2. The summed E-state index contributed by atoms with van der Waals surface area (Å²) in [5.41, 5.74) is 3.27. The average molecular weight is 488 g/mol. The molecule has 0 aromatic heterocycles. The Morgan fingerprint density at radius 3 is 2.68 bits per heavy atom. The maximum absolute atomic E-state index is 13.9. The predicted molar refractivity (Wildman–Crippen MR) is 131 cm³/mol. The fraction of sp³-hybridized carbons (Fsp3) is 0.462. The summed E-state index contributed by atoms with van der Waals surface area (Å²) in [4.78, 5) is 29.7. The smallest absolute Gasteiger partial charge is 0.255 e. The lowest BCUT2D eigenvalue weighted by Crippen LogP contribution is -2.55. The number of piperazine rings is 1. The van der Waals surface area contributed by atoms with E-state index in [1.165, 1.54) is 6.07 Å². The molecule has 2 amide bonds. The molecule has 34 heavy (non-hydrogen) atoms. The molecule has 2 heterocycles. The first-order chi connectivity index (χ1) is 16.2. The zero-order chi connectivity index (χ0) is 24.4. The minimum Gasteiger partial charge on any atom is -0.368 e. The summed E-state index contributed by atoms with van der Waals surface area (Å²) in [5.74, 6) is -0.700. The normalized spacial score (nSPS) is 21.0. The molecule has 2 aromatic rings. The van der Waals surface area contributed by atoms with Crippen molar-refractivity contribution in [1.82, 2.24) is 9.80 Å². The van der Waals surface area contributed by atoms with Gasteiger partial charge in [-0.25, -0.2) is 4.39 Å². The van der Waals surface area contributed by atoms with E-state index in [1.54, 1.807) is 25.1 Å². The minimum atomic E-state index is -0.414. The van der Waals surface area contributed by atoms with E-state index in [9.17, 15) is 14.0 Å². The van der Waals surface area contributed by atoms with Gasteiger partial charge < -0.3 is 15.0 Å². The first-order valence-corrected chi connectivity index (χ1v) is 12.1. The Morgan fingerprint density at radius 2 is 2.00 bits per heavy atom. The fourth-order valence-corrected chi connectivity index (χ4v) is 4.90. The van der Waals surface area contributed by atoms with Crippen molar-refractivity contribution in [3.63, 3.8) is 0 Å². The molecule has 0 saturated carbocycles. The van der Waals surface area contributed by atoms with Crippen LogP contribution in [0.3, 0.4) is 0 Å². The predicted octanol–water partition coefficient (Wildman–Crippen LogP) is 4.56. The van der Waals surface area contributed by atoms with Gasteiger partial charge >= 0.3 is 0 Å². The van der Waals surface area contributed by atoms with E-state index in [0.717, 1.165) is 37.1 Å². The Hall–Kier alpha value is -2.48. The van der Waals surface area contributed by atoms with Crippen molar-refractivity contribution < 1.29 is 18.7 Å². The van der Waals surface area contributed by atoms with Crippen molar-refractivity contribution >= 4 is 29.1 Å². The van der Waals surface area contributed by atoms with Crippen molar-refractivity contribution in [2.75, 3.05) is 31.6 Å². The number of hydrogen-bond acceptors (Lipinski definition) is 4. The second-order valence-electron chi connectivity index (χ2n) is 9.27. The molecule has 2 aliphatic heterocycles. The van der Waals surface area contributed by atoms with Crippen molar-refractivity contribution in [1.29, 1.82) is 0 Å². The number of nitrogens with zero attached hydrogens (tertiary/aromatic N) is 2. The second kappa shape index (κ2) is 10.4. The number of nitrogens with one attached hydrogen (secondary N) is 1. The highest BCUT2D eigenvalue weighted by molar-refractivity contribution is 6.31. The molecule has 0 radical (unpaired) electrons. The summed E-state index contributed by atoms with van der Waals surface area (Å²) in [6.07, 6.45) is 1.45. The summed E-state index contributed by atoms with van der Waals surface area (Å²) >= 11 is 6.38. The molecule has 2 aromatic carbocycles. The largest absolute Gasteiger partial charge is 0.368 e. The number of halogens is 2. The van der Waals surface area contributed by atoms with E-state index >= 15 is 0 Å². The van der Waals surface area contributed by atoms with Crippen LogP contribution in [0.25, 0.3) is 0 Å². The average Bonchev–Trinajstić information content (AvgIpc) is 3.33. The molecular weight excluding hydrogens is 457 g/mol. The number of ether oxygens (including phenoxy) is 1. The molecule has 4 rings (SSSR count). The van der Waals surface area contributed by atoms with Gasteiger partial charge in [-0.2, -0.15) is 0 Å². The molecule has 1 N–H and O–H groups in total. The van der Waals surface area contributed by atoms with Crippen LogP contribution in [0.4, 0.5) is 10.1 Å². The maximum Gasteiger partial charge on any atom is 0.255 e. The number of anilines is 1. The lowest BCUT2D eigenvalue weighted by molar-refractivity contribution is -0.145. The van der Waals surface area contributed by atoms with Gasteiger partial charge in [-0.05, 0) is 74.6 Å². The number of carbonyl (C=O) groups excluding carboxylic acids is 2. The molecule has 0 spiro atoms. The number of aryl methyl sites for hydroxylation is 1. The van der Waals surface area contributed by atoms with Crippen LogP contribution < -0.4 is 5.32 Å². The number of benzene rings is 2. The van der Waals surface area contributed by atoms with Crippen molar-refractivity contribution in [2.45, 2.75) is 52.3 Å². The Labute approximate surface area is 205 Å². The summed E-state index contributed by atoms with van der Waals surface area (Å²) in [6, 6.07) is 8.14. The first-order valence-electron chi connectivity index (χ1n) is 11.7. The van der Waals surface area contributed by atoms with Crippen LogP contribution in [0.15, 0.2) is 30.3 Å². The molecule has 6 nitrogen and oxygen atoms in total. The van der Waals surface area contributed by atoms with Crippen LogP contribution in [0.1, 0.15) is 46.8 Å². The third kappa shape index (κ3) is 5.43. The molecule has 0 aliphatic carbocycles. The monoisotopic (exact) mass is 487 g/mol. The van der Waals surface area contributed by atoms with Crippen LogP contribution in [-0.4, -0.2) is 60.0 Å². The van der Waals surface area contributed by atoms with Crippen LogP contribution >= 0.6 is 11.6 Å². The Kier molecular flexibility index (Phi) is 7.55. The van der Waals surface area contributed by atoms with Gasteiger partial charge in [0, 0.05) is 55.1 Å². The molecule has 2 aliphatic rings. The molecule has 0 bridgehead atoms. The molecule has 2 fully saturated rings.